The molecular weight excluding hydrogens is 236 g/mol. The van der Waals surface area contributed by atoms with Gasteiger partial charge >= 0.3 is 0 Å². The molecule has 1 aliphatic rings. The normalized spacial score (nSPS) is 24.3. The standard InChI is InChI=1S/C16H30N2O/c1-2-10-15-11-8-6-4-3-5-7-9-12-16(19)18-14-13-17-15/h3,5,15,17H,2,4,6-14H2,1H3,(H,18,19). The second-order valence-electron chi connectivity index (χ2n) is 5.44. The SMILES string of the molecule is CCCC1CCCCC=CCCCC(=O)NCCN1. The second kappa shape index (κ2) is 11.0. The summed E-state index contributed by atoms with van der Waals surface area (Å²) >= 11 is 0. The van der Waals surface area contributed by atoms with Crippen molar-refractivity contribution in [3.05, 3.63) is 12.2 Å². The zero-order valence-corrected chi connectivity index (χ0v) is 12.4. The fourth-order valence-electron chi connectivity index (χ4n) is 2.53. The first-order valence-electron chi connectivity index (χ1n) is 7.98. The number of hydrogen-bond donors (Lipinski definition) is 2. The summed E-state index contributed by atoms with van der Waals surface area (Å²) in [5, 5.41) is 6.57. The third-order valence-corrected chi connectivity index (χ3v) is 3.63. The molecule has 1 heterocycles. The highest BCUT2D eigenvalue weighted by Gasteiger charge is 2.07. The van der Waals surface area contributed by atoms with Crippen molar-refractivity contribution in [2.45, 2.75) is 70.8 Å². The number of allylic oxidation sites excluding steroid dienone is 2. The van der Waals surface area contributed by atoms with E-state index in [2.05, 4.69) is 29.7 Å². The summed E-state index contributed by atoms with van der Waals surface area (Å²) in [6.07, 6.45) is 14.7. The second-order valence-corrected chi connectivity index (χ2v) is 5.44. The van der Waals surface area contributed by atoms with Crippen LogP contribution in [0.5, 0.6) is 0 Å². The molecule has 1 atom stereocenters. The number of amides is 1. The summed E-state index contributed by atoms with van der Waals surface area (Å²) in [5.41, 5.74) is 0. The smallest absolute Gasteiger partial charge is 0.220 e. The average Bonchev–Trinajstić information content (AvgIpc) is 2.41. The zero-order chi connectivity index (χ0) is 13.8. The van der Waals surface area contributed by atoms with Gasteiger partial charge in [-0.1, -0.05) is 31.9 Å². The average molecular weight is 266 g/mol. The zero-order valence-electron chi connectivity index (χ0n) is 12.4. The van der Waals surface area contributed by atoms with E-state index in [0.29, 0.717) is 12.5 Å². The molecule has 0 aliphatic carbocycles. The lowest BCUT2D eigenvalue weighted by molar-refractivity contribution is -0.121. The van der Waals surface area contributed by atoms with Crippen molar-refractivity contribution in [2.24, 2.45) is 0 Å². The van der Waals surface area contributed by atoms with Crippen LogP contribution in [0, 0.1) is 0 Å². The summed E-state index contributed by atoms with van der Waals surface area (Å²) in [6, 6.07) is 0.621. The maximum atomic E-state index is 11.6. The molecule has 0 aromatic rings. The molecule has 3 heteroatoms. The number of rotatable bonds is 2. The van der Waals surface area contributed by atoms with E-state index >= 15 is 0 Å². The Bertz CT molecular complexity index is 263. The van der Waals surface area contributed by atoms with Crippen LogP contribution in [0.2, 0.25) is 0 Å². The van der Waals surface area contributed by atoms with Crippen molar-refractivity contribution in [3.8, 4) is 0 Å². The van der Waals surface area contributed by atoms with Crippen LogP contribution in [0.4, 0.5) is 0 Å². The van der Waals surface area contributed by atoms with Crippen molar-refractivity contribution in [3.63, 3.8) is 0 Å². The van der Waals surface area contributed by atoms with Crippen molar-refractivity contribution in [1.82, 2.24) is 10.6 Å². The van der Waals surface area contributed by atoms with Crippen LogP contribution in [-0.4, -0.2) is 25.0 Å². The van der Waals surface area contributed by atoms with Gasteiger partial charge in [0.2, 0.25) is 5.91 Å². The molecule has 0 bridgehead atoms. The molecule has 1 amide bonds. The van der Waals surface area contributed by atoms with Crippen LogP contribution in [0.25, 0.3) is 0 Å². The molecule has 3 nitrogen and oxygen atoms in total. The van der Waals surface area contributed by atoms with Crippen LogP contribution < -0.4 is 10.6 Å². The summed E-state index contributed by atoms with van der Waals surface area (Å²) in [5.74, 6) is 0.192. The van der Waals surface area contributed by atoms with Gasteiger partial charge in [0.25, 0.3) is 0 Å². The Hall–Kier alpha value is -0.830. The lowest BCUT2D eigenvalue weighted by Crippen LogP contribution is -2.37. The van der Waals surface area contributed by atoms with Gasteiger partial charge in [0, 0.05) is 25.6 Å². The summed E-state index contributed by atoms with van der Waals surface area (Å²) in [6.45, 7) is 3.89. The topological polar surface area (TPSA) is 41.1 Å². The van der Waals surface area contributed by atoms with Gasteiger partial charge < -0.3 is 10.6 Å². The molecule has 0 saturated carbocycles. The van der Waals surface area contributed by atoms with Crippen LogP contribution in [0.3, 0.4) is 0 Å². The van der Waals surface area contributed by atoms with Gasteiger partial charge in [-0.25, -0.2) is 0 Å². The maximum Gasteiger partial charge on any atom is 0.220 e. The van der Waals surface area contributed by atoms with Gasteiger partial charge in [-0.15, -0.1) is 0 Å². The van der Waals surface area contributed by atoms with Gasteiger partial charge in [-0.05, 0) is 38.5 Å². The molecule has 0 spiro atoms. The van der Waals surface area contributed by atoms with Gasteiger partial charge in [-0.2, -0.15) is 0 Å². The van der Waals surface area contributed by atoms with E-state index in [0.717, 1.165) is 25.9 Å². The quantitative estimate of drug-likeness (QED) is 0.754. The molecule has 0 radical (unpaired) electrons. The van der Waals surface area contributed by atoms with E-state index < -0.39 is 0 Å². The first-order valence-corrected chi connectivity index (χ1v) is 7.98. The Balaban J connectivity index is 2.35. The molecule has 0 saturated heterocycles. The molecule has 1 unspecified atom stereocenters. The Morgan fingerprint density at radius 3 is 2.74 bits per heavy atom. The molecule has 1 rings (SSSR count). The first kappa shape index (κ1) is 16.2. The molecular formula is C16H30N2O. The minimum absolute atomic E-state index is 0.192. The minimum atomic E-state index is 0.192. The van der Waals surface area contributed by atoms with Crippen LogP contribution in [0.1, 0.15) is 64.7 Å². The lowest BCUT2D eigenvalue weighted by atomic mass is 10.0. The van der Waals surface area contributed by atoms with E-state index in [1.54, 1.807) is 0 Å². The lowest BCUT2D eigenvalue weighted by Gasteiger charge is -2.18. The van der Waals surface area contributed by atoms with E-state index in [1.807, 2.05) is 0 Å². The van der Waals surface area contributed by atoms with Crippen LogP contribution in [0.15, 0.2) is 12.2 Å². The first-order chi connectivity index (χ1) is 9.33. The van der Waals surface area contributed by atoms with E-state index in [-0.39, 0.29) is 5.91 Å². The van der Waals surface area contributed by atoms with E-state index in [1.165, 1.54) is 38.5 Å². The van der Waals surface area contributed by atoms with E-state index in [4.69, 9.17) is 0 Å². The number of nitrogens with one attached hydrogen (secondary N) is 2. The molecule has 2 N–H and O–H groups in total. The van der Waals surface area contributed by atoms with Crippen molar-refractivity contribution in [1.29, 1.82) is 0 Å². The predicted octanol–water partition coefficient (Wildman–Crippen LogP) is 3.16. The Morgan fingerprint density at radius 2 is 1.95 bits per heavy atom. The molecule has 0 fully saturated rings. The Morgan fingerprint density at radius 1 is 1.16 bits per heavy atom. The van der Waals surface area contributed by atoms with E-state index in [9.17, 15) is 4.79 Å². The molecule has 1 aliphatic heterocycles. The molecule has 110 valence electrons. The van der Waals surface area contributed by atoms with Crippen molar-refractivity contribution in [2.75, 3.05) is 13.1 Å². The largest absolute Gasteiger partial charge is 0.355 e. The van der Waals surface area contributed by atoms with Crippen LogP contribution in [-0.2, 0) is 4.79 Å². The number of hydrogen-bond acceptors (Lipinski definition) is 2. The summed E-state index contributed by atoms with van der Waals surface area (Å²) in [7, 11) is 0. The molecule has 0 aromatic carbocycles. The molecule has 0 aromatic heterocycles. The number of carbonyl (C=O) groups is 1. The third kappa shape index (κ3) is 8.82. The summed E-state index contributed by atoms with van der Waals surface area (Å²) in [4.78, 5) is 11.6. The molecule has 19 heavy (non-hydrogen) atoms. The van der Waals surface area contributed by atoms with Gasteiger partial charge in [0.1, 0.15) is 0 Å². The highest BCUT2D eigenvalue weighted by molar-refractivity contribution is 5.75. The van der Waals surface area contributed by atoms with Gasteiger partial charge in [0.15, 0.2) is 0 Å². The number of carbonyl (C=O) groups excluding carboxylic acids is 1. The van der Waals surface area contributed by atoms with Gasteiger partial charge in [-0.3, -0.25) is 4.79 Å². The van der Waals surface area contributed by atoms with Crippen molar-refractivity contribution >= 4 is 5.91 Å². The van der Waals surface area contributed by atoms with Crippen molar-refractivity contribution < 1.29 is 4.79 Å². The summed E-state index contributed by atoms with van der Waals surface area (Å²) < 4.78 is 0. The van der Waals surface area contributed by atoms with Crippen LogP contribution >= 0.6 is 0 Å². The fourth-order valence-corrected chi connectivity index (χ4v) is 2.53. The highest BCUT2D eigenvalue weighted by Crippen LogP contribution is 2.09. The van der Waals surface area contributed by atoms with Gasteiger partial charge in [0.05, 0.1) is 0 Å². The maximum absolute atomic E-state index is 11.6. The highest BCUT2D eigenvalue weighted by atomic mass is 16.1. The third-order valence-electron chi connectivity index (χ3n) is 3.63. The fraction of sp³-hybridized carbons (Fsp3) is 0.812. The Kier molecular flexibility index (Phi) is 9.42. The monoisotopic (exact) mass is 266 g/mol. The Labute approximate surface area is 118 Å². The predicted molar refractivity (Wildman–Crippen MR) is 81.2 cm³/mol. The minimum Gasteiger partial charge on any atom is -0.355 e.